The van der Waals surface area contributed by atoms with Gasteiger partial charge < -0.3 is 58.9 Å². The maximum Gasteiger partial charge on any atom is 0.410 e. The average molecular weight is 1030 g/mol. The predicted molar refractivity (Wildman–Crippen MR) is 281 cm³/mol. The number of anilines is 3. The van der Waals surface area contributed by atoms with Gasteiger partial charge in [-0.15, -0.1) is 0 Å². The van der Waals surface area contributed by atoms with Gasteiger partial charge in [-0.05, 0) is 117 Å². The van der Waals surface area contributed by atoms with Crippen molar-refractivity contribution in [1.29, 1.82) is 10.5 Å². The molecule has 75 heavy (non-hydrogen) atoms. The molecule has 4 aromatic rings. The van der Waals surface area contributed by atoms with E-state index in [2.05, 4.69) is 61.0 Å². The fraction of sp³-hybridized carbons (Fsp3) is 0.593. The Morgan fingerprint density at radius 3 is 1.93 bits per heavy atom. The van der Waals surface area contributed by atoms with Gasteiger partial charge in [-0.25, -0.2) is 14.0 Å². The molecule has 6 aliphatic rings. The number of piperazine rings is 2. The summed E-state index contributed by atoms with van der Waals surface area (Å²) in [6.45, 7) is 14.2. The number of likely N-dealkylation sites (N-methyl/N-ethyl adjacent to an activating group) is 2. The molecule has 400 valence electrons. The summed E-state index contributed by atoms with van der Waals surface area (Å²) >= 11 is 0. The third-order valence-electron chi connectivity index (χ3n) is 15.3. The number of carboxylic acid groups (broad SMARTS) is 1. The van der Waals surface area contributed by atoms with Gasteiger partial charge in [0, 0.05) is 86.6 Å². The summed E-state index contributed by atoms with van der Waals surface area (Å²) in [5.74, 6) is 1.36. The second kappa shape index (κ2) is 23.4. The van der Waals surface area contributed by atoms with Crippen LogP contribution in [0.2, 0.25) is 0 Å². The number of nitrogens with one attached hydrogen (secondary N) is 1. The Morgan fingerprint density at radius 1 is 0.747 bits per heavy atom. The average Bonchev–Trinajstić information content (AvgIpc) is 4.02. The Morgan fingerprint density at radius 2 is 1.35 bits per heavy atom. The number of likely N-dealkylation sites (tertiary alicyclic amines) is 2. The minimum absolute atomic E-state index is 0.162. The third-order valence-corrected chi connectivity index (χ3v) is 15.3. The van der Waals surface area contributed by atoms with Gasteiger partial charge in [0.05, 0.1) is 55.0 Å². The van der Waals surface area contributed by atoms with Crippen molar-refractivity contribution in [3.63, 3.8) is 0 Å². The van der Waals surface area contributed by atoms with E-state index in [1.165, 1.54) is 17.4 Å². The van der Waals surface area contributed by atoms with Crippen LogP contribution in [0.1, 0.15) is 81.8 Å². The SMILES string of the molecule is CN1CCC[C@H]1COc1nc2c(c(N3CCN(C(=O)O)C(CC#N)C3)n1)CCNC2.CN1CCC[C@H]1COc1nc2c(c(N3CCN(C(=O)OC(C)(C)C)C(CC#N)C3)n1)CCN(c1cccc3ccc(F)cc13)C2. The zero-order chi connectivity index (χ0) is 52.8. The molecule has 0 spiro atoms. The van der Waals surface area contributed by atoms with Crippen LogP contribution in [0.3, 0.4) is 0 Å². The molecular weight excluding hydrogens is 960 g/mol. The van der Waals surface area contributed by atoms with Gasteiger partial charge in [-0.1, -0.05) is 18.2 Å². The van der Waals surface area contributed by atoms with E-state index in [9.17, 15) is 24.3 Å². The lowest BCUT2D eigenvalue weighted by molar-refractivity contribution is 0.0144. The summed E-state index contributed by atoms with van der Waals surface area (Å²) in [5, 5.41) is 33.5. The van der Waals surface area contributed by atoms with Crippen molar-refractivity contribution < 1.29 is 33.3 Å². The summed E-state index contributed by atoms with van der Waals surface area (Å²) < 4.78 is 32.3. The molecule has 21 heteroatoms. The molecule has 2 unspecified atom stereocenters. The largest absolute Gasteiger partial charge is 0.465 e. The van der Waals surface area contributed by atoms with Gasteiger partial charge in [0.1, 0.15) is 36.3 Å². The van der Waals surface area contributed by atoms with Crippen LogP contribution in [0.4, 0.5) is 31.3 Å². The number of carbonyl (C=O) groups is 2. The minimum Gasteiger partial charge on any atom is -0.465 e. The van der Waals surface area contributed by atoms with Crippen molar-refractivity contribution >= 4 is 40.3 Å². The quantitative estimate of drug-likeness (QED) is 0.181. The van der Waals surface area contributed by atoms with E-state index in [1.807, 2.05) is 45.0 Å². The molecule has 4 fully saturated rings. The number of nitrogens with zero attached hydrogens (tertiary/aromatic N) is 13. The van der Waals surface area contributed by atoms with E-state index < -0.39 is 17.8 Å². The Bertz CT molecular complexity index is 2780. The fourth-order valence-corrected chi connectivity index (χ4v) is 11.3. The summed E-state index contributed by atoms with van der Waals surface area (Å²) in [6, 6.07) is 16.0. The Labute approximate surface area is 438 Å². The first-order valence-corrected chi connectivity index (χ1v) is 26.5. The molecule has 0 saturated carbocycles. The van der Waals surface area contributed by atoms with E-state index in [0.717, 1.165) is 95.9 Å². The molecular formula is C54H71FN14O6. The number of fused-ring (bicyclic) bond motifs is 3. The van der Waals surface area contributed by atoms with E-state index >= 15 is 0 Å². The van der Waals surface area contributed by atoms with Crippen LogP contribution in [0.25, 0.3) is 10.8 Å². The Balaban J connectivity index is 0.000000199. The minimum atomic E-state index is -0.978. The molecule has 2 aromatic heterocycles. The highest BCUT2D eigenvalue weighted by Crippen LogP contribution is 2.36. The number of halogens is 1. The molecule has 0 radical (unpaired) electrons. The zero-order valence-electron chi connectivity index (χ0n) is 44.0. The predicted octanol–water partition coefficient (Wildman–Crippen LogP) is 5.82. The van der Waals surface area contributed by atoms with E-state index in [0.29, 0.717) is 103 Å². The van der Waals surface area contributed by atoms with Crippen LogP contribution in [0, 0.1) is 28.5 Å². The van der Waals surface area contributed by atoms with Crippen molar-refractivity contribution in [2.75, 3.05) is 107 Å². The first-order valence-electron chi connectivity index (χ1n) is 26.5. The summed E-state index contributed by atoms with van der Waals surface area (Å²) in [7, 11) is 4.23. The molecule has 4 saturated heterocycles. The molecule has 0 aliphatic carbocycles. The second-order valence-electron chi connectivity index (χ2n) is 21.5. The van der Waals surface area contributed by atoms with E-state index in [1.54, 1.807) is 11.0 Å². The normalized spacial score (nSPS) is 22.2. The standard InChI is InChI=1S/C34H42FN7O3.C20H29N7O3/c1-34(2,3)45-33(43)42-18-17-41(20-25(42)12-14-36)31-27-13-16-40(30-9-5-7-23-10-11-24(35)19-28(23)30)21-29(27)37-32(38-31)44-22-26-8-6-15-39(26)4;1-25-8-2-3-15(25)13-30-19-23-17-11-22-7-5-16(17)18(24-19)26-9-10-27(20(28)29)14(12-26)4-6-21/h5,7,9-11,19,25-26H,6,8,12-13,15-18,20-22H2,1-4H3;14-15,22H,2-5,7-13H2,1H3,(H,28,29)/t25?,26-;14?,15-/m00/s1. The van der Waals surface area contributed by atoms with Gasteiger partial charge in [0.25, 0.3) is 0 Å². The van der Waals surface area contributed by atoms with E-state index in [4.69, 9.17) is 34.4 Å². The van der Waals surface area contributed by atoms with Crippen molar-refractivity contribution in [2.45, 2.75) is 115 Å². The number of benzene rings is 2. The molecule has 20 nitrogen and oxygen atoms in total. The van der Waals surface area contributed by atoms with Gasteiger partial charge in [-0.2, -0.15) is 30.5 Å². The van der Waals surface area contributed by atoms with Gasteiger partial charge in [-0.3, -0.25) is 0 Å². The van der Waals surface area contributed by atoms with Crippen molar-refractivity contribution in [3.05, 3.63) is 64.7 Å². The molecule has 2 aromatic carbocycles. The number of carbonyl (C=O) groups excluding carboxylic acids is 1. The Hall–Kier alpha value is -6.81. The van der Waals surface area contributed by atoms with Crippen LogP contribution in [-0.4, -0.2) is 179 Å². The molecule has 2 N–H and O–H groups in total. The van der Waals surface area contributed by atoms with Crippen LogP contribution in [-0.2, 0) is 30.7 Å². The smallest absolute Gasteiger partial charge is 0.410 e. The number of ether oxygens (including phenoxy) is 3. The number of aromatic nitrogens is 4. The molecule has 0 bridgehead atoms. The van der Waals surface area contributed by atoms with Gasteiger partial charge >= 0.3 is 24.2 Å². The van der Waals surface area contributed by atoms with Crippen molar-refractivity contribution in [1.82, 2.24) is 44.9 Å². The number of rotatable bonds is 11. The third kappa shape index (κ3) is 12.5. The van der Waals surface area contributed by atoms with Crippen LogP contribution in [0.5, 0.6) is 12.0 Å². The lowest BCUT2D eigenvalue weighted by atomic mass is 10.0. The molecule has 2 amide bonds. The molecule has 8 heterocycles. The highest BCUT2D eigenvalue weighted by molar-refractivity contribution is 5.94. The number of nitriles is 2. The van der Waals surface area contributed by atoms with Crippen molar-refractivity contribution in [3.8, 4) is 24.2 Å². The summed E-state index contributed by atoms with van der Waals surface area (Å²) in [6.07, 6.45) is 4.98. The number of hydrogen-bond acceptors (Lipinski definition) is 17. The van der Waals surface area contributed by atoms with Crippen LogP contribution < -0.4 is 29.5 Å². The monoisotopic (exact) mass is 1030 g/mol. The maximum absolute atomic E-state index is 14.3. The van der Waals surface area contributed by atoms with Crippen LogP contribution >= 0.6 is 0 Å². The summed E-state index contributed by atoms with van der Waals surface area (Å²) in [5.41, 5.74) is 4.30. The first-order chi connectivity index (χ1) is 36.2. The number of hydrogen-bond donors (Lipinski definition) is 2. The van der Waals surface area contributed by atoms with Crippen LogP contribution in [0.15, 0.2) is 36.4 Å². The van der Waals surface area contributed by atoms with Gasteiger partial charge in [0.2, 0.25) is 0 Å². The maximum atomic E-state index is 14.3. The summed E-state index contributed by atoms with van der Waals surface area (Å²) in [4.78, 5) is 58.1. The van der Waals surface area contributed by atoms with Gasteiger partial charge in [0.15, 0.2) is 0 Å². The lowest BCUT2D eigenvalue weighted by Crippen LogP contribution is -2.56. The first kappa shape index (κ1) is 53.0. The fourth-order valence-electron chi connectivity index (χ4n) is 11.3. The molecule has 6 aliphatic heterocycles. The van der Waals surface area contributed by atoms with Crippen molar-refractivity contribution in [2.24, 2.45) is 0 Å². The van der Waals surface area contributed by atoms with E-state index in [-0.39, 0.29) is 30.7 Å². The highest BCUT2D eigenvalue weighted by Gasteiger charge is 2.37. The Kier molecular flexibility index (Phi) is 16.5. The topological polar surface area (TPSA) is 216 Å². The molecule has 4 atom stereocenters. The zero-order valence-corrected chi connectivity index (χ0v) is 44.0. The lowest BCUT2D eigenvalue weighted by Gasteiger charge is -2.42. The molecule has 10 rings (SSSR count). The highest BCUT2D eigenvalue weighted by atomic mass is 19.1. The second-order valence-corrected chi connectivity index (χ2v) is 21.5. The number of amides is 2.